The molecule has 3 aliphatic rings. The van der Waals surface area contributed by atoms with E-state index in [1.54, 1.807) is 11.1 Å². The van der Waals surface area contributed by atoms with Crippen molar-refractivity contribution < 1.29 is 0 Å². The van der Waals surface area contributed by atoms with Crippen molar-refractivity contribution in [2.75, 3.05) is 0 Å². The van der Waals surface area contributed by atoms with Crippen LogP contribution in [-0.4, -0.2) is 0 Å². The number of allylic oxidation sites excluding steroid dienone is 6. The van der Waals surface area contributed by atoms with Gasteiger partial charge in [-0.25, -0.2) is 0 Å². The lowest BCUT2D eigenvalue weighted by Gasteiger charge is -2.53. The van der Waals surface area contributed by atoms with E-state index < -0.39 is 0 Å². The summed E-state index contributed by atoms with van der Waals surface area (Å²) in [6.07, 6.45) is 13.4. The zero-order chi connectivity index (χ0) is 14.5. The second-order valence-corrected chi connectivity index (χ2v) is 7.91. The molecule has 0 heteroatoms. The fourth-order valence-corrected chi connectivity index (χ4v) is 5.59. The Morgan fingerprint density at radius 2 is 1.95 bits per heavy atom. The van der Waals surface area contributed by atoms with Crippen LogP contribution >= 0.6 is 0 Å². The molecule has 3 rings (SSSR count). The van der Waals surface area contributed by atoms with Crippen LogP contribution in [0.4, 0.5) is 0 Å². The van der Waals surface area contributed by atoms with Crippen LogP contribution in [0.3, 0.4) is 0 Å². The molecule has 0 aromatic carbocycles. The van der Waals surface area contributed by atoms with E-state index >= 15 is 0 Å². The molecule has 110 valence electrons. The van der Waals surface area contributed by atoms with Gasteiger partial charge >= 0.3 is 0 Å². The highest BCUT2D eigenvalue weighted by molar-refractivity contribution is 5.31. The van der Waals surface area contributed by atoms with Crippen LogP contribution in [0.15, 0.2) is 34.9 Å². The SMILES string of the molecule is CC(C)=C[C@@H]1C=C(C)[C@H]2CC[C@@H](C)[C@]23CCC(C)=C[C@H]13. The minimum atomic E-state index is 0.564. The quantitative estimate of drug-likeness (QED) is 0.519. The highest BCUT2D eigenvalue weighted by Gasteiger charge is 2.56. The molecule has 0 bridgehead atoms. The first-order chi connectivity index (χ1) is 9.45. The molecular formula is C20H30. The molecule has 5 atom stereocenters. The molecule has 1 fully saturated rings. The number of hydrogen-bond acceptors (Lipinski definition) is 0. The summed E-state index contributed by atoms with van der Waals surface area (Å²) in [7, 11) is 0. The molecule has 1 saturated carbocycles. The van der Waals surface area contributed by atoms with E-state index in [1.165, 1.54) is 31.3 Å². The summed E-state index contributed by atoms with van der Waals surface area (Å²) in [5.41, 5.74) is 5.34. The number of rotatable bonds is 1. The van der Waals surface area contributed by atoms with Crippen molar-refractivity contribution >= 4 is 0 Å². The van der Waals surface area contributed by atoms with Gasteiger partial charge < -0.3 is 0 Å². The van der Waals surface area contributed by atoms with Crippen molar-refractivity contribution in [1.82, 2.24) is 0 Å². The van der Waals surface area contributed by atoms with E-state index in [0.717, 1.165) is 17.8 Å². The van der Waals surface area contributed by atoms with Gasteiger partial charge in [0, 0.05) is 5.92 Å². The van der Waals surface area contributed by atoms with Crippen molar-refractivity contribution in [1.29, 1.82) is 0 Å². The van der Waals surface area contributed by atoms with Crippen LogP contribution in [0, 0.1) is 29.1 Å². The third kappa shape index (κ3) is 1.95. The minimum Gasteiger partial charge on any atom is -0.0810 e. The second kappa shape index (κ2) is 4.90. The Bertz CT molecular complexity index is 486. The monoisotopic (exact) mass is 270 g/mol. The summed E-state index contributed by atoms with van der Waals surface area (Å²) < 4.78 is 0. The smallest absolute Gasteiger partial charge is 0.00203 e. The van der Waals surface area contributed by atoms with Crippen molar-refractivity contribution in [3.05, 3.63) is 34.9 Å². The molecule has 0 amide bonds. The Morgan fingerprint density at radius 1 is 1.20 bits per heavy atom. The molecule has 0 aromatic rings. The normalized spacial score (nSPS) is 43.2. The predicted molar refractivity (Wildman–Crippen MR) is 87.5 cm³/mol. The zero-order valence-corrected chi connectivity index (χ0v) is 13.9. The molecule has 20 heavy (non-hydrogen) atoms. The first-order valence-corrected chi connectivity index (χ1v) is 8.46. The van der Waals surface area contributed by atoms with E-state index in [2.05, 4.69) is 52.8 Å². The fraction of sp³-hybridized carbons (Fsp3) is 0.700. The van der Waals surface area contributed by atoms with Crippen molar-refractivity contribution in [3.8, 4) is 0 Å². The molecular weight excluding hydrogens is 240 g/mol. The van der Waals surface area contributed by atoms with Crippen LogP contribution in [0.25, 0.3) is 0 Å². The van der Waals surface area contributed by atoms with Gasteiger partial charge in [-0.05, 0) is 76.5 Å². The lowest BCUT2D eigenvalue weighted by molar-refractivity contribution is 0.0507. The summed E-state index contributed by atoms with van der Waals surface area (Å²) in [4.78, 5) is 0. The molecule has 0 heterocycles. The molecule has 3 aliphatic carbocycles. The van der Waals surface area contributed by atoms with Gasteiger partial charge in [-0.3, -0.25) is 0 Å². The average molecular weight is 270 g/mol. The van der Waals surface area contributed by atoms with E-state index in [9.17, 15) is 0 Å². The lowest BCUT2D eigenvalue weighted by atomic mass is 9.51. The first kappa shape index (κ1) is 14.2. The third-order valence-corrected chi connectivity index (χ3v) is 6.44. The van der Waals surface area contributed by atoms with Gasteiger partial charge in [0.05, 0.1) is 0 Å². The van der Waals surface area contributed by atoms with Gasteiger partial charge in [-0.15, -0.1) is 0 Å². The predicted octanol–water partition coefficient (Wildman–Crippen LogP) is 5.92. The Labute approximate surface area is 125 Å². The van der Waals surface area contributed by atoms with Crippen molar-refractivity contribution in [2.45, 2.75) is 60.3 Å². The van der Waals surface area contributed by atoms with Crippen LogP contribution in [0.5, 0.6) is 0 Å². The van der Waals surface area contributed by atoms with Crippen molar-refractivity contribution in [2.24, 2.45) is 29.1 Å². The van der Waals surface area contributed by atoms with Crippen LogP contribution in [0.1, 0.15) is 60.3 Å². The van der Waals surface area contributed by atoms with E-state index in [1.807, 2.05) is 0 Å². The first-order valence-electron chi connectivity index (χ1n) is 8.46. The summed E-state index contributed by atoms with van der Waals surface area (Å²) in [6.45, 7) is 11.8. The minimum absolute atomic E-state index is 0.564. The third-order valence-electron chi connectivity index (χ3n) is 6.44. The van der Waals surface area contributed by atoms with E-state index in [4.69, 9.17) is 0 Å². The summed E-state index contributed by atoms with van der Waals surface area (Å²) in [5, 5.41) is 0. The largest absolute Gasteiger partial charge is 0.0810 e. The van der Waals surface area contributed by atoms with Crippen LogP contribution in [0.2, 0.25) is 0 Å². The fourth-order valence-electron chi connectivity index (χ4n) is 5.59. The van der Waals surface area contributed by atoms with Gasteiger partial charge in [0.2, 0.25) is 0 Å². The van der Waals surface area contributed by atoms with Gasteiger partial charge in [0.25, 0.3) is 0 Å². The van der Waals surface area contributed by atoms with Gasteiger partial charge in [-0.1, -0.05) is 41.9 Å². The highest BCUT2D eigenvalue weighted by atomic mass is 14.6. The second-order valence-electron chi connectivity index (χ2n) is 7.91. The van der Waals surface area contributed by atoms with Gasteiger partial charge in [-0.2, -0.15) is 0 Å². The van der Waals surface area contributed by atoms with E-state index in [-0.39, 0.29) is 0 Å². The number of hydrogen-bond donors (Lipinski definition) is 0. The topological polar surface area (TPSA) is 0 Å². The molecule has 0 radical (unpaired) electrons. The zero-order valence-electron chi connectivity index (χ0n) is 13.9. The summed E-state index contributed by atoms with van der Waals surface area (Å²) >= 11 is 0. The summed E-state index contributed by atoms with van der Waals surface area (Å²) in [6, 6.07) is 0. The van der Waals surface area contributed by atoms with Gasteiger partial charge in [0.1, 0.15) is 0 Å². The standard InChI is InChI=1S/C20H30/c1-13(2)10-17-12-15(4)18-7-6-16(5)20(18)9-8-14(3)11-19(17)20/h10-12,16-19H,6-9H2,1-5H3/t16-,17-,18-,19-,20-/m1/s1. The Balaban J connectivity index is 2.13. The van der Waals surface area contributed by atoms with E-state index in [0.29, 0.717) is 11.3 Å². The molecule has 0 aliphatic heterocycles. The molecule has 1 spiro atoms. The molecule has 0 N–H and O–H groups in total. The maximum absolute atomic E-state index is 2.64. The van der Waals surface area contributed by atoms with Crippen molar-refractivity contribution in [3.63, 3.8) is 0 Å². The Kier molecular flexibility index (Phi) is 3.47. The average Bonchev–Trinajstić information content (AvgIpc) is 2.69. The van der Waals surface area contributed by atoms with Gasteiger partial charge in [0.15, 0.2) is 0 Å². The Hall–Kier alpha value is -0.780. The molecule has 0 nitrogen and oxygen atoms in total. The molecule has 0 aromatic heterocycles. The van der Waals surface area contributed by atoms with Crippen LogP contribution in [-0.2, 0) is 0 Å². The van der Waals surface area contributed by atoms with Crippen LogP contribution < -0.4 is 0 Å². The maximum atomic E-state index is 2.64. The highest BCUT2D eigenvalue weighted by Crippen LogP contribution is 2.64. The lowest BCUT2D eigenvalue weighted by Crippen LogP contribution is -2.45. The Morgan fingerprint density at radius 3 is 2.65 bits per heavy atom. The molecule has 0 saturated heterocycles. The maximum Gasteiger partial charge on any atom is 0.00203 e. The summed E-state index contributed by atoms with van der Waals surface area (Å²) in [5.74, 6) is 3.12. The molecule has 0 unspecified atom stereocenters.